The number of anilines is 2. The average molecular weight is 549 g/mol. The first-order chi connectivity index (χ1) is 19.9. The molecule has 4 aromatic rings. The van der Waals surface area contributed by atoms with Crippen LogP contribution in [0.25, 0.3) is 0 Å². The lowest BCUT2D eigenvalue weighted by molar-refractivity contribution is -0.136. The Morgan fingerprint density at radius 1 is 0.707 bits per heavy atom. The highest BCUT2D eigenvalue weighted by Crippen LogP contribution is 2.48. The second-order valence-electron chi connectivity index (χ2n) is 10.3. The van der Waals surface area contributed by atoms with Gasteiger partial charge in [-0.2, -0.15) is 0 Å². The van der Waals surface area contributed by atoms with E-state index in [0.717, 1.165) is 39.7 Å². The predicted molar refractivity (Wildman–Crippen MR) is 164 cm³/mol. The van der Waals surface area contributed by atoms with Crippen LogP contribution in [0.15, 0.2) is 108 Å². The van der Waals surface area contributed by atoms with Gasteiger partial charge in [-0.3, -0.25) is 0 Å². The highest BCUT2D eigenvalue weighted by molar-refractivity contribution is 5.93. The first-order valence-corrected chi connectivity index (χ1v) is 13.7. The van der Waals surface area contributed by atoms with Gasteiger partial charge < -0.3 is 24.4 Å². The fourth-order valence-electron chi connectivity index (χ4n) is 5.42. The lowest BCUT2D eigenvalue weighted by atomic mass is 9.84. The van der Waals surface area contributed by atoms with Gasteiger partial charge in [0.05, 0.1) is 39.0 Å². The number of nitrogens with zero attached hydrogens (tertiary/aromatic N) is 1. The standard InChI is InChI=1S/C35H36N2O4/c1-23-6-14-27(15-7-23)36-31-22-32(25-10-18-29(39-3)19-11-25)37(28-16-8-24(2)9-17-28)34(33(31)35(38)41-5)26-12-20-30(40-4)21-13-26/h6-21,32,34,36H,22H2,1-5H3. The Balaban J connectivity index is 1.76. The molecule has 4 aromatic carbocycles. The molecule has 0 saturated carbocycles. The molecule has 0 spiro atoms. The summed E-state index contributed by atoms with van der Waals surface area (Å²) in [6.07, 6.45) is 0.561. The molecule has 0 aromatic heterocycles. The van der Waals surface area contributed by atoms with Crippen LogP contribution in [0.5, 0.6) is 11.5 Å². The molecule has 5 rings (SSSR count). The second-order valence-corrected chi connectivity index (χ2v) is 10.3. The number of nitrogens with one attached hydrogen (secondary N) is 1. The summed E-state index contributed by atoms with van der Waals surface area (Å²) >= 11 is 0. The Labute approximate surface area is 242 Å². The maximum atomic E-state index is 13.7. The monoisotopic (exact) mass is 548 g/mol. The molecule has 6 nitrogen and oxygen atoms in total. The van der Waals surface area contributed by atoms with E-state index in [0.29, 0.717) is 12.0 Å². The molecule has 0 bridgehead atoms. The minimum Gasteiger partial charge on any atom is -0.497 e. The van der Waals surface area contributed by atoms with Gasteiger partial charge in [-0.15, -0.1) is 0 Å². The fraction of sp³-hybridized carbons (Fsp3) is 0.229. The third kappa shape index (κ3) is 5.92. The molecule has 0 aliphatic carbocycles. The summed E-state index contributed by atoms with van der Waals surface area (Å²) in [4.78, 5) is 16.0. The zero-order valence-corrected chi connectivity index (χ0v) is 24.2. The summed E-state index contributed by atoms with van der Waals surface area (Å²) in [7, 11) is 4.76. The molecule has 0 amide bonds. The van der Waals surface area contributed by atoms with E-state index in [1.54, 1.807) is 14.2 Å². The summed E-state index contributed by atoms with van der Waals surface area (Å²) in [5.74, 6) is 1.17. The molecule has 210 valence electrons. The maximum Gasteiger partial charge on any atom is 0.337 e. The van der Waals surface area contributed by atoms with Gasteiger partial charge in [0, 0.05) is 23.5 Å². The summed E-state index contributed by atoms with van der Waals surface area (Å²) in [6, 6.07) is 32.2. The number of methoxy groups -OCH3 is 3. The third-order valence-electron chi connectivity index (χ3n) is 7.63. The SMILES string of the molecule is COC(=O)C1=C(Nc2ccc(C)cc2)CC(c2ccc(OC)cc2)N(c2ccc(C)cc2)C1c1ccc(OC)cc1. The highest BCUT2D eigenvalue weighted by Gasteiger charge is 2.41. The van der Waals surface area contributed by atoms with Crippen LogP contribution in [0.1, 0.15) is 40.8 Å². The van der Waals surface area contributed by atoms with E-state index in [1.807, 2.05) is 48.5 Å². The Hall–Kier alpha value is -4.71. The van der Waals surface area contributed by atoms with Gasteiger partial charge in [0.25, 0.3) is 0 Å². The van der Waals surface area contributed by atoms with Crippen LogP contribution >= 0.6 is 0 Å². The smallest absolute Gasteiger partial charge is 0.337 e. The van der Waals surface area contributed by atoms with Crippen molar-refractivity contribution in [1.82, 2.24) is 0 Å². The molecular formula is C35H36N2O4. The highest BCUT2D eigenvalue weighted by atomic mass is 16.5. The van der Waals surface area contributed by atoms with E-state index in [9.17, 15) is 4.79 Å². The molecule has 2 atom stereocenters. The second kappa shape index (κ2) is 12.2. The largest absolute Gasteiger partial charge is 0.497 e. The molecule has 6 heteroatoms. The summed E-state index contributed by atoms with van der Waals surface area (Å²) < 4.78 is 16.4. The predicted octanol–water partition coefficient (Wildman–Crippen LogP) is 7.55. The minimum atomic E-state index is -0.440. The van der Waals surface area contributed by atoms with Gasteiger partial charge in [0.2, 0.25) is 0 Å². The van der Waals surface area contributed by atoms with E-state index in [-0.39, 0.29) is 12.0 Å². The van der Waals surface area contributed by atoms with Crippen LogP contribution in [0.2, 0.25) is 0 Å². The average Bonchev–Trinajstić information content (AvgIpc) is 3.02. The minimum absolute atomic E-state index is 0.0999. The number of ether oxygens (including phenoxy) is 3. The Morgan fingerprint density at radius 3 is 1.73 bits per heavy atom. The van der Waals surface area contributed by atoms with E-state index >= 15 is 0 Å². The number of esters is 1. The van der Waals surface area contributed by atoms with Gasteiger partial charge in [0.15, 0.2) is 0 Å². The summed E-state index contributed by atoms with van der Waals surface area (Å²) in [5.41, 5.74) is 7.71. The number of carbonyl (C=O) groups is 1. The quantitative estimate of drug-likeness (QED) is 0.229. The van der Waals surface area contributed by atoms with Crippen molar-refractivity contribution in [2.24, 2.45) is 0 Å². The number of benzene rings is 4. The van der Waals surface area contributed by atoms with Crippen molar-refractivity contribution < 1.29 is 19.0 Å². The van der Waals surface area contributed by atoms with Crippen LogP contribution < -0.4 is 19.7 Å². The van der Waals surface area contributed by atoms with E-state index in [1.165, 1.54) is 18.2 Å². The Morgan fingerprint density at radius 2 is 1.22 bits per heavy atom. The number of carbonyl (C=O) groups excluding carboxylic acids is 1. The fourth-order valence-corrected chi connectivity index (χ4v) is 5.42. The van der Waals surface area contributed by atoms with Gasteiger partial charge >= 0.3 is 5.97 Å². The molecule has 41 heavy (non-hydrogen) atoms. The van der Waals surface area contributed by atoms with Crippen molar-refractivity contribution in [3.63, 3.8) is 0 Å². The zero-order chi connectivity index (χ0) is 28.9. The van der Waals surface area contributed by atoms with E-state index < -0.39 is 6.04 Å². The van der Waals surface area contributed by atoms with Crippen molar-refractivity contribution in [3.05, 3.63) is 131 Å². The van der Waals surface area contributed by atoms with Crippen LogP contribution in [-0.4, -0.2) is 27.3 Å². The number of aryl methyl sites for hydroxylation is 2. The van der Waals surface area contributed by atoms with Gasteiger partial charge in [-0.1, -0.05) is 59.7 Å². The lowest BCUT2D eigenvalue weighted by Gasteiger charge is -2.46. The number of rotatable bonds is 8. The zero-order valence-electron chi connectivity index (χ0n) is 24.2. The third-order valence-corrected chi connectivity index (χ3v) is 7.63. The van der Waals surface area contributed by atoms with Crippen LogP contribution in [0.4, 0.5) is 11.4 Å². The van der Waals surface area contributed by atoms with Crippen molar-refractivity contribution >= 4 is 17.3 Å². The normalized spacial score (nSPS) is 16.8. The lowest BCUT2D eigenvalue weighted by Crippen LogP contribution is -2.41. The first-order valence-electron chi connectivity index (χ1n) is 13.7. The molecule has 1 N–H and O–H groups in total. The van der Waals surface area contributed by atoms with Crippen molar-refractivity contribution in [2.75, 3.05) is 31.5 Å². The molecule has 1 aliphatic heterocycles. The topological polar surface area (TPSA) is 60.0 Å². The Kier molecular flexibility index (Phi) is 8.29. The van der Waals surface area contributed by atoms with Gasteiger partial charge in [-0.05, 0) is 73.5 Å². The van der Waals surface area contributed by atoms with Crippen molar-refractivity contribution in [1.29, 1.82) is 0 Å². The van der Waals surface area contributed by atoms with Crippen LogP contribution in [0.3, 0.4) is 0 Å². The number of hydrogen-bond acceptors (Lipinski definition) is 6. The van der Waals surface area contributed by atoms with Crippen molar-refractivity contribution in [2.45, 2.75) is 32.4 Å². The molecule has 2 unspecified atom stereocenters. The van der Waals surface area contributed by atoms with Crippen LogP contribution in [0, 0.1) is 13.8 Å². The molecule has 0 saturated heterocycles. The van der Waals surface area contributed by atoms with Crippen molar-refractivity contribution in [3.8, 4) is 11.5 Å². The molecule has 1 heterocycles. The van der Waals surface area contributed by atoms with E-state index in [4.69, 9.17) is 14.2 Å². The summed E-state index contributed by atoms with van der Waals surface area (Å²) in [5, 5.41) is 3.60. The Bertz CT molecular complexity index is 1510. The van der Waals surface area contributed by atoms with Crippen LogP contribution in [-0.2, 0) is 9.53 Å². The van der Waals surface area contributed by atoms with E-state index in [2.05, 4.69) is 72.6 Å². The molecule has 1 aliphatic rings. The maximum absolute atomic E-state index is 13.7. The van der Waals surface area contributed by atoms with Gasteiger partial charge in [-0.25, -0.2) is 4.79 Å². The molecular weight excluding hydrogens is 512 g/mol. The number of hydrogen-bond donors (Lipinski definition) is 1. The molecule has 0 fully saturated rings. The molecule has 0 radical (unpaired) electrons. The van der Waals surface area contributed by atoms with Gasteiger partial charge in [0.1, 0.15) is 11.5 Å². The first kappa shape index (κ1) is 27.8. The summed E-state index contributed by atoms with van der Waals surface area (Å²) in [6.45, 7) is 4.13.